The molecule has 0 saturated carbocycles. The molecule has 0 aromatic rings. The highest BCUT2D eigenvalue weighted by Gasteiger charge is 2.34. The van der Waals surface area contributed by atoms with Gasteiger partial charge in [-0.15, -0.1) is 17.5 Å². The summed E-state index contributed by atoms with van der Waals surface area (Å²) in [5, 5.41) is 0. The maximum absolute atomic E-state index is 14.2. The van der Waals surface area contributed by atoms with Crippen molar-refractivity contribution in [2.24, 2.45) is 0 Å². The average Bonchev–Trinajstić information content (AvgIpc) is 2.25. The summed E-state index contributed by atoms with van der Waals surface area (Å²) < 4.78 is 14.2. The first-order valence-electron chi connectivity index (χ1n) is 9.15. The Bertz CT molecular complexity index is 221. The molecule has 0 radical (unpaired) electrons. The second kappa shape index (κ2) is 11.5. The minimum absolute atomic E-state index is 0. The van der Waals surface area contributed by atoms with Crippen molar-refractivity contribution in [3.63, 3.8) is 0 Å². The van der Waals surface area contributed by atoms with Crippen LogP contribution in [0.2, 0.25) is 34.9 Å². The molecule has 0 unspecified atom stereocenters. The van der Waals surface area contributed by atoms with Crippen LogP contribution in [0.5, 0.6) is 0 Å². The molecule has 0 amide bonds. The van der Waals surface area contributed by atoms with Gasteiger partial charge in [-0.25, -0.2) is 0 Å². The van der Waals surface area contributed by atoms with Crippen LogP contribution in [0.15, 0.2) is 0 Å². The van der Waals surface area contributed by atoms with E-state index in [0.29, 0.717) is 0 Å². The fourth-order valence-corrected chi connectivity index (χ4v) is 4.62. The van der Waals surface area contributed by atoms with Crippen molar-refractivity contribution in [2.75, 3.05) is 0 Å². The Morgan fingerprint density at radius 1 is 0.545 bits per heavy atom. The molecule has 136 valence electrons. The highest BCUT2D eigenvalue weighted by molar-refractivity contribution is 6.77. The summed E-state index contributed by atoms with van der Waals surface area (Å²) in [6.45, 7) is 26.8. The number of halogens is 2. The smallest absolute Gasteiger partial charge is 0.163 e. The van der Waals surface area contributed by atoms with Crippen molar-refractivity contribution in [2.45, 2.75) is 118 Å². The van der Waals surface area contributed by atoms with Gasteiger partial charge < -0.3 is 9.02 Å². The normalized spacial score (nSPS) is 12.1. The molecule has 0 atom stereocenters. The van der Waals surface area contributed by atoms with E-state index in [4.69, 9.17) is 0 Å². The first kappa shape index (κ1) is 26.9. The van der Waals surface area contributed by atoms with E-state index in [9.17, 15) is 4.32 Å². The molecule has 0 nitrogen and oxygen atoms in total. The van der Waals surface area contributed by atoms with Crippen LogP contribution in [-0.2, 0) is 0 Å². The van der Waals surface area contributed by atoms with Crippen LogP contribution in [0, 0.1) is 0 Å². The molecule has 4 heteroatoms. The molecule has 0 aromatic heterocycles. The number of hydrogen-bond acceptors (Lipinski definition) is 0. The molecular weight excluding hydrogens is 276 g/mol. The Hall–Kier alpha value is -0.0101. The van der Waals surface area contributed by atoms with E-state index in [1.807, 2.05) is 41.5 Å². The van der Waals surface area contributed by atoms with E-state index >= 15 is 0 Å². The van der Waals surface area contributed by atoms with Gasteiger partial charge in [0.15, 0.2) is 6.42 Å². The molecular formula is C18H42B2F2-2. The summed E-state index contributed by atoms with van der Waals surface area (Å²) in [5.41, 5.74) is 0. The zero-order valence-corrected chi connectivity index (χ0v) is 17.4. The van der Waals surface area contributed by atoms with Crippen LogP contribution >= 0.6 is 0 Å². The molecule has 0 aromatic carbocycles. The lowest BCUT2D eigenvalue weighted by atomic mass is 9.24. The van der Waals surface area contributed by atoms with Crippen molar-refractivity contribution >= 4 is 13.1 Å². The van der Waals surface area contributed by atoms with Gasteiger partial charge in [-0.3, -0.25) is 0 Å². The second-order valence-electron chi connectivity index (χ2n) is 9.00. The summed E-state index contributed by atoms with van der Waals surface area (Å²) in [5.74, 6) is 3.03. The lowest BCUT2D eigenvalue weighted by Crippen LogP contribution is -3.00. The number of hydrogen-bond donors (Lipinski definition) is 0. The molecule has 0 fully saturated rings. The maximum Gasteiger partial charge on any atom is 0.163 e. The standard InChI is InChI=1S/C9H21BF.C9H21B.FH/c1-7(2)10(11,8(3)4)9(5)6;1-7(2)10(8(3)4)9(5)6;/h7-9H,1-6H3;7-9H,1-6H3;1H/q-1;;/p-1. The third-order valence-corrected chi connectivity index (χ3v) is 5.37. The molecule has 0 N–H and O–H groups in total. The average molecular weight is 318 g/mol. The first-order chi connectivity index (χ1) is 9.29. The zero-order chi connectivity index (χ0) is 17.5. The van der Waals surface area contributed by atoms with Crippen molar-refractivity contribution in [3.05, 3.63) is 0 Å². The van der Waals surface area contributed by atoms with Gasteiger partial charge in [0.2, 0.25) is 0 Å². The topological polar surface area (TPSA) is 0 Å². The largest absolute Gasteiger partial charge is 1.00 e. The Kier molecular flexibility index (Phi) is 14.1. The quantitative estimate of drug-likeness (QED) is 0.614. The van der Waals surface area contributed by atoms with E-state index in [0.717, 1.165) is 24.2 Å². The summed E-state index contributed by atoms with van der Waals surface area (Å²) >= 11 is 0. The van der Waals surface area contributed by atoms with Crippen LogP contribution in [0.1, 0.15) is 83.1 Å². The van der Waals surface area contributed by atoms with Gasteiger partial charge in [0.25, 0.3) is 0 Å². The van der Waals surface area contributed by atoms with E-state index in [-0.39, 0.29) is 22.2 Å². The van der Waals surface area contributed by atoms with Crippen LogP contribution in [0.25, 0.3) is 0 Å². The van der Waals surface area contributed by atoms with Crippen molar-refractivity contribution in [3.8, 4) is 0 Å². The SMILES string of the molecule is CC(C)B(C(C)C)C(C)C.CC(C)[B-](F)(C(C)C)C(C)C.[F-]. The van der Waals surface area contributed by atoms with Crippen molar-refractivity contribution in [1.82, 2.24) is 0 Å². The van der Waals surface area contributed by atoms with Crippen LogP contribution in [-0.4, -0.2) is 13.1 Å². The molecule has 0 saturated heterocycles. The summed E-state index contributed by atoms with van der Waals surface area (Å²) in [6, 6.07) is 0. The minimum atomic E-state index is -1.67. The van der Waals surface area contributed by atoms with Gasteiger partial charge in [0.05, 0.1) is 0 Å². The Morgan fingerprint density at radius 2 is 0.727 bits per heavy atom. The Labute approximate surface area is 140 Å². The minimum Gasteiger partial charge on any atom is -1.00 e. The van der Waals surface area contributed by atoms with Crippen LogP contribution < -0.4 is 4.70 Å². The van der Waals surface area contributed by atoms with Gasteiger partial charge in [-0.05, 0) is 0 Å². The highest BCUT2D eigenvalue weighted by atomic mass is 19.1. The molecule has 0 rings (SSSR count). The maximum atomic E-state index is 14.2. The van der Waals surface area contributed by atoms with E-state index in [1.54, 1.807) is 0 Å². The summed E-state index contributed by atoms with van der Waals surface area (Å²) in [4.78, 5) is 0. The van der Waals surface area contributed by atoms with E-state index in [1.165, 1.54) is 0 Å². The molecule has 0 aliphatic heterocycles. The highest BCUT2D eigenvalue weighted by Crippen LogP contribution is 2.42. The van der Waals surface area contributed by atoms with Gasteiger partial charge in [-0.1, -0.05) is 101 Å². The fourth-order valence-electron chi connectivity index (χ4n) is 4.62. The fraction of sp³-hybridized carbons (Fsp3) is 1.00. The van der Waals surface area contributed by atoms with Gasteiger partial charge in [-0.2, -0.15) is 0 Å². The first-order valence-corrected chi connectivity index (χ1v) is 9.15. The predicted octanol–water partition coefficient (Wildman–Crippen LogP) is 4.85. The second-order valence-corrected chi connectivity index (χ2v) is 9.00. The van der Waals surface area contributed by atoms with E-state index in [2.05, 4.69) is 41.5 Å². The summed E-state index contributed by atoms with van der Waals surface area (Å²) in [6.07, 6.45) is -1.67. The van der Waals surface area contributed by atoms with Gasteiger partial charge in [0.1, 0.15) is 6.71 Å². The summed E-state index contributed by atoms with van der Waals surface area (Å²) in [7, 11) is 0. The van der Waals surface area contributed by atoms with Gasteiger partial charge >= 0.3 is 0 Å². The molecule has 0 aliphatic rings. The van der Waals surface area contributed by atoms with Crippen molar-refractivity contribution in [1.29, 1.82) is 0 Å². The lowest BCUT2D eigenvalue weighted by molar-refractivity contribution is -0.00000592. The monoisotopic (exact) mass is 318 g/mol. The Morgan fingerprint density at radius 3 is 0.727 bits per heavy atom. The molecule has 22 heavy (non-hydrogen) atoms. The van der Waals surface area contributed by atoms with Crippen LogP contribution in [0.3, 0.4) is 0 Å². The molecule has 0 aliphatic carbocycles. The Balaban J connectivity index is -0.000000315. The molecule has 0 heterocycles. The third kappa shape index (κ3) is 8.02. The zero-order valence-electron chi connectivity index (χ0n) is 17.4. The predicted molar refractivity (Wildman–Crippen MR) is 103 cm³/mol. The third-order valence-electron chi connectivity index (χ3n) is 5.37. The lowest BCUT2D eigenvalue weighted by Gasteiger charge is -2.44. The van der Waals surface area contributed by atoms with E-state index < -0.39 is 6.42 Å². The van der Waals surface area contributed by atoms with Crippen LogP contribution in [0.4, 0.5) is 4.32 Å². The van der Waals surface area contributed by atoms with Gasteiger partial charge in [0, 0.05) is 0 Å². The number of rotatable bonds is 6. The molecule has 0 bridgehead atoms. The molecule has 0 spiro atoms. The van der Waals surface area contributed by atoms with Crippen molar-refractivity contribution < 1.29 is 9.02 Å².